The normalized spacial score (nSPS) is 18.9. The maximum Gasteiger partial charge on any atom is 0.257 e. The first kappa shape index (κ1) is 14.2. The summed E-state index contributed by atoms with van der Waals surface area (Å²) in [4.78, 5) is 11.6. The SMILES string of the molecule is O=C(COc1ccc(Cl)cc1)NCC1CCCNC1. The lowest BCUT2D eigenvalue weighted by atomic mass is 10.00. The van der Waals surface area contributed by atoms with Gasteiger partial charge in [-0.1, -0.05) is 11.6 Å². The molecule has 1 aliphatic rings. The number of rotatable bonds is 5. The molecule has 0 bridgehead atoms. The summed E-state index contributed by atoms with van der Waals surface area (Å²) in [6.07, 6.45) is 2.35. The van der Waals surface area contributed by atoms with E-state index in [9.17, 15) is 4.79 Å². The largest absolute Gasteiger partial charge is 0.484 e. The molecule has 2 N–H and O–H groups in total. The summed E-state index contributed by atoms with van der Waals surface area (Å²) in [6, 6.07) is 6.98. The second-order valence-corrected chi connectivity index (χ2v) is 5.20. The highest BCUT2D eigenvalue weighted by atomic mass is 35.5. The van der Waals surface area contributed by atoms with Gasteiger partial charge in [-0.15, -0.1) is 0 Å². The van der Waals surface area contributed by atoms with Crippen molar-refractivity contribution in [1.82, 2.24) is 10.6 Å². The molecule has 2 rings (SSSR count). The van der Waals surface area contributed by atoms with E-state index in [-0.39, 0.29) is 12.5 Å². The molecular weight excluding hydrogens is 264 g/mol. The molecule has 0 aromatic heterocycles. The average molecular weight is 283 g/mol. The minimum absolute atomic E-state index is 0.0434. The zero-order valence-electron chi connectivity index (χ0n) is 10.8. The third-order valence-corrected chi connectivity index (χ3v) is 3.42. The molecular formula is C14H19ClN2O2. The topological polar surface area (TPSA) is 50.4 Å². The van der Waals surface area contributed by atoms with Gasteiger partial charge >= 0.3 is 0 Å². The Morgan fingerprint density at radius 1 is 1.42 bits per heavy atom. The molecule has 0 spiro atoms. The summed E-state index contributed by atoms with van der Waals surface area (Å²) in [7, 11) is 0. The van der Waals surface area contributed by atoms with Crippen molar-refractivity contribution < 1.29 is 9.53 Å². The molecule has 1 saturated heterocycles. The Bertz CT molecular complexity index is 402. The highest BCUT2D eigenvalue weighted by molar-refractivity contribution is 6.30. The minimum Gasteiger partial charge on any atom is -0.484 e. The second kappa shape index (κ2) is 7.36. The van der Waals surface area contributed by atoms with Crippen LogP contribution in [0.2, 0.25) is 5.02 Å². The molecule has 1 atom stereocenters. The van der Waals surface area contributed by atoms with E-state index in [1.165, 1.54) is 12.8 Å². The summed E-state index contributed by atoms with van der Waals surface area (Å²) < 4.78 is 5.38. The molecule has 1 aliphatic heterocycles. The molecule has 1 unspecified atom stereocenters. The quantitative estimate of drug-likeness (QED) is 0.866. The third-order valence-electron chi connectivity index (χ3n) is 3.17. The Morgan fingerprint density at radius 3 is 2.89 bits per heavy atom. The first-order chi connectivity index (χ1) is 9.24. The van der Waals surface area contributed by atoms with E-state index in [2.05, 4.69) is 10.6 Å². The maximum atomic E-state index is 11.6. The molecule has 104 valence electrons. The molecule has 5 heteroatoms. The smallest absolute Gasteiger partial charge is 0.257 e. The fourth-order valence-corrected chi connectivity index (χ4v) is 2.21. The van der Waals surface area contributed by atoms with Gasteiger partial charge in [0, 0.05) is 11.6 Å². The summed E-state index contributed by atoms with van der Waals surface area (Å²) in [6.45, 7) is 2.83. The monoisotopic (exact) mass is 282 g/mol. The number of benzene rings is 1. The summed E-state index contributed by atoms with van der Waals surface area (Å²) in [5.74, 6) is 1.10. The molecule has 1 amide bonds. The lowest BCUT2D eigenvalue weighted by Gasteiger charge is -2.22. The van der Waals surface area contributed by atoms with Gasteiger partial charge < -0.3 is 15.4 Å². The molecule has 1 fully saturated rings. The molecule has 0 saturated carbocycles. The van der Waals surface area contributed by atoms with Gasteiger partial charge in [0.05, 0.1) is 0 Å². The first-order valence-electron chi connectivity index (χ1n) is 6.60. The molecule has 4 nitrogen and oxygen atoms in total. The van der Waals surface area contributed by atoms with Crippen LogP contribution in [0.1, 0.15) is 12.8 Å². The van der Waals surface area contributed by atoms with Crippen molar-refractivity contribution in [2.75, 3.05) is 26.2 Å². The lowest BCUT2D eigenvalue weighted by Crippen LogP contribution is -2.39. The van der Waals surface area contributed by atoms with Crippen LogP contribution in [0.15, 0.2) is 24.3 Å². The Labute approximate surface area is 118 Å². The summed E-state index contributed by atoms with van der Waals surface area (Å²) in [5.41, 5.74) is 0. The van der Waals surface area contributed by atoms with Crippen LogP contribution < -0.4 is 15.4 Å². The van der Waals surface area contributed by atoms with Gasteiger partial charge in [0.1, 0.15) is 5.75 Å². The van der Waals surface area contributed by atoms with Crippen LogP contribution in [0, 0.1) is 5.92 Å². The Hall–Kier alpha value is -1.26. The standard InChI is InChI=1S/C14H19ClN2O2/c15-12-3-5-13(6-4-12)19-10-14(18)17-9-11-2-1-7-16-8-11/h3-6,11,16H,1-2,7-10H2,(H,17,18). The average Bonchev–Trinajstić information content (AvgIpc) is 2.45. The number of hydrogen-bond donors (Lipinski definition) is 2. The second-order valence-electron chi connectivity index (χ2n) is 4.76. The van der Waals surface area contributed by atoms with Gasteiger partial charge in [-0.05, 0) is 56.1 Å². The molecule has 1 aromatic carbocycles. The van der Waals surface area contributed by atoms with E-state index in [0.717, 1.165) is 19.6 Å². The Balaban J connectivity index is 1.65. The van der Waals surface area contributed by atoms with Crippen molar-refractivity contribution in [2.45, 2.75) is 12.8 Å². The fourth-order valence-electron chi connectivity index (χ4n) is 2.09. The van der Waals surface area contributed by atoms with Crippen LogP contribution in [0.25, 0.3) is 0 Å². The van der Waals surface area contributed by atoms with Crippen molar-refractivity contribution in [2.24, 2.45) is 5.92 Å². The number of nitrogens with one attached hydrogen (secondary N) is 2. The van der Waals surface area contributed by atoms with Crippen LogP contribution in [0.3, 0.4) is 0 Å². The van der Waals surface area contributed by atoms with Crippen LogP contribution in [-0.4, -0.2) is 32.1 Å². The Morgan fingerprint density at radius 2 is 2.21 bits per heavy atom. The van der Waals surface area contributed by atoms with Gasteiger partial charge in [-0.3, -0.25) is 4.79 Å². The van der Waals surface area contributed by atoms with Crippen LogP contribution >= 0.6 is 11.6 Å². The van der Waals surface area contributed by atoms with Crippen molar-refractivity contribution in [3.8, 4) is 5.75 Å². The van der Waals surface area contributed by atoms with Gasteiger partial charge in [0.15, 0.2) is 6.61 Å². The molecule has 19 heavy (non-hydrogen) atoms. The van der Waals surface area contributed by atoms with Gasteiger partial charge in [0.2, 0.25) is 0 Å². The van der Waals surface area contributed by atoms with E-state index in [0.29, 0.717) is 16.7 Å². The number of hydrogen-bond acceptors (Lipinski definition) is 3. The van der Waals surface area contributed by atoms with Crippen molar-refractivity contribution in [1.29, 1.82) is 0 Å². The van der Waals surface area contributed by atoms with Gasteiger partial charge in [0.25, 0.3) is 5.91 Å². The number of carbonyl (C=O) groups is 1. The molecule has 1 aromatic rings. The number of halogens is 1. The van der Waals surface area contributed by atoms with Crippen molar-refractivity contribution in [3.63, 3.8) is 0 Å². The van der Waals surface area contributed by atoms with Gasteiger partial charge in [-0.2, -0.15) is 0 Å². The van der Waals surface area contributed by atoms with E-state index in [1.54, 1.807) is 24.3 Å². The highest BCUT2D eigenvalue weighted by Crippen LogP contribution is 2.15. The number of ether oxygens (including phenoxy) is 1. The van der Waals surface area contributed by atoms with Crippen molar-refractivity contribution in [3.05, 3.63) is 29.3 Å². The Kier molecular flexibility index (Phi) is 5.48. The zero-order valence-corrected chi connectivity index (χ0v) is 11.6. The van der Waals surface area contributed by atoms with E-state index in [4.69, 9.17) is 16.3 Å². The minimum atomic E-state index is -0.0828. The molecule has 0 radical (unpaired) electrons. The van der Waals surface area contributed by atoms with E-state index < -0.39 is 0 Å². The fraction of sp³-hybridized carbons (Fsp3) is 0.500. The third kappa shape index (κ3) is 5.09. The van der Waals surface area contributed by atoms with E-state index >= 15 is 0 Å². The number of piperidine rings is 1. The molecule has 1 heterocycles. The predicted octanol–water partition coefficient (Wildman–Crippen LogP) is 1.83. The summed E-state index contributed by atoms with van der Waals surface area (Å²) >= 11 is 5.77. The van der Waals surface area contributed by atoms with Crippen LogP contribution in [0.4, 0.5) is 0 Å². The highest BCUT2D eigenvalue weighted by Gasteiger charge is 2.13. The lowest BCUT2D eigenvalue weighted by molar-refractivity contribution is -0.123. The van der Waals surface area contributed by atoms with Gasteiger partial charge in [-0.25, -0.2) is 0 Å². The summed E-state index contributed by atoms with van der Waals surface area (Å²) in [5, 5.41) is 6.88. The molecule has 0 aliphatic carbocycles. The van der Waals surface area contributed by atoms with Crippen molar-refractivity contribution >= 4 is 17.5 Å². The van der Waals surface area contributed by atoms with Crippen LogP contribution in [0.5, 0.6) is 5.75 Å². The maximum absolute atomic E-state index is 11.6. The number of carbonyl (C=O) groups excluding carboxylic acids is 1. The zero-order chi connectivity index (χ0) is 13.5. The van der Waals surface area contributed by atoms with E-state index in [1.807, 2.05) is 0 Å². The number of amides is 1. The first-order valence-corrected chi connectivity index (χ1v) is 6.97. The van der Waals surface area contributed by atoms with Crippen LogP contribution in [-0.2, 0) is 4.79 Å². The predicted molar refractivity (Wildman–Crippen MR) is 75.6 cm³/mol.